The Morgan fingerprint density at radius 1 is 0.824 bits per heavy atom. The van der Waals surface area contributed by atoms with E-state index in [1.165, 1.54) is 0 Å². The zero-order chi connectivity index (χ0) is 23.7. The van der Waals surface area contributed by atoms with Crippen molar-refractivity contribution in [2.24, 2.45) is 0 Å². The summed E-state index contributed by atoms with van der Waals surface area (Å²) in [7, 11) is 1.73. The molecule has 0 aliphatic heterocycles. The summed E-state index contributed by atoms with van der Waals surface area (Å²) < 4.78 is 0. The third kappa shape index (κ3) is 4.09. The van der Waals surface area contributed by atoms with Crippen molar-refractivity contribution in [2.75, 3.05) is 17.7 Å². The lowest BCUT2D eigenvalue weighted by Gasteiger charge is -2.18. The largest absolute Gasteiger partial charge is 0.398 e. The fraction of sp³-hybridized carbons (Fsp3) is 0.0357. The monoisotopic (exact) mass is 464 g/mol. The summed E-state index contributed by atoms with van der Waals surface area (Å²) in [5.41, 5.74) is 11.2. The van der Waals surface area contributed by atoms with Crippen LogP contribution in [0.1, 0.15) is 10.4 Å². The minimum atomic E-state index is -0.186. The summed E-state index contributed by atoms with van der Waals surface area (Å²) in [4.78, 5) is 24.3. The molecular weight excluding hydrogens is 444 g/mol. The number of hydrogen-bond acceptors (Lipinski definition) is 4. The van der Waals surface area contributed by atoms with Crippen molar-refractivity contribution in [3.8, 4) is 22.6 Å². The van der Waals surface area contributed by atoms with E-state index in [1.54, 1.807) is 24.1 Å². The third-order valence-corrected chi connectivity index (χ3v) is 5.93. The van der Waals surface area contributed by atoms with E-state index in [9.17, 15) is 4.79 Å². The van der Waals surface area contributed by atoms with Gasteiger partial charge in [0.15, 0.2) is 5.82 Å². The Morgan fingerprint density at radius 3 is 2.24 bits per heavy atom. The van der Waals surface area contributed by atoms with Gasteiger partial charge in [-0.05, 0) is 42.5 Å². The number of nitrogens with zero attached hydrogens (tertiary/aromatic N) is 3. The quantitative estimate of drug-likeness (QED) is 0.309. The Balaban J connectivity index is 1.57. The van der Waals surface area contributed by atoms with Crippen LogP contribution in [0.2, 0.25) is 5.02 Å². The van der Waals surface area contributed by atoms with E-state index in [1.807, 2.05) is 84.9 Å². The number of hydrogen-bond donors (Lipinski definition) is 1. The summed E-state index contributed by atoms with van der Waals surface area (Å²) in [6.45, 7) is 0. The van der Waals surface area contributed by atoms with Crippen LogP contribution in [0.25, 0.3) is 33.5 Å². The second kappa shape index (κ2) is 8.96. The van der Waals surface area contributed by atoms with Crippen molar-refractivity contribution in [3.63, 3.8) is 0 Å². The maximum absolute atomic E-state index is 13.1. The molecule has 4 aromatic carbocycles. The lowest BCUT2D eigenvalue weighted by molar-refractivity contribution is 0.0994. The number of anilines is 2. The molecule has 34 heavy (non-hydrogen) atoms. The highest BCUT2D eigenvalue weighted by Crippen LogP contribution is 2.32. The number of fused-ring (bicyclic) bond motifs is 1. The minimum absolute atomic E-state index is 0.186. The molecule has 0 atom stereocenters. The first-order valence-corrected chi connectivity index (χ1v) is 11.1. The van der Waals surface area contributed by atoms with Gasteiger partial charge in [0.05, 0.1) is 16.8 Å². The number of aromatic nitrogens is 2. The molecule has 0 saturated heterocycles. The van der Waals surface area contributed by atoms with Gasteiger partial charge in [0, 0.05) is 40.0 Å². The molecule has 1 amide bonds. The van der Waals surface area contributed by atoms with E-state index in [2.05, 4.69) is 0 Å². The molecule has 0 fully saturated rings. The van der Waals surface area contributed by atoms with Gasteiger partial charge in [0.2, 0.25) is 0 Å². The maximum Gasteiger partial charge on any atom is 0.260 e. The molecule has 0 aliphatic rings. The first-order chi connectivity index (χ1) is 16.5. The molecule has 1 aromatic heterocycles. The molecule has 0 aliphatic carbocycles. The Labute approximate surface area is 202 Å². The Morgan fingerprint density at radius 2 is 1.53 bits per heavy atom. The average molecular weight is 465 g/mol. The highest BCUT2D eigenvalue weighted by molar-refractivity contribution is 6.31. The van der Waals surface area contributed by atoms with Gasteiger partial charge in [0.1, 0.15) is 0 Å². The standard InChI is InChI=1S/C28H21ClN4O/c1-33(21-10-6-3-7-11-21)28(34)22-14-12-19(16-24(22)30)27-31-25-15-13-20(29)17-23(25)26(32-27)18-8-4-2-5-9-18/h2-17H,30H2,1H3. The van der Waals surface area contributed by atoms with E-state index in [4.69, 9.17) is 27.3 Å². The van der Waals surface area contributed by atoms with Crippen LogP contribution in [0.3, 0.4) is 0 Å². The molecule has 0 radical (unpaired) electrons. The van der Waals surface area contributed by atoms with Gasteiger partial charge in [-0.2, -0.15) is 0 Å². The topological polar surface area (TPSA) is 72.1 Å². The second-order valence-electron chi connectivity index (χ2n) is 7.93. The van der Waals surface area contributed by atoms with Crippen molar-refractivity contribution in [1.29, 1.82) is 0 Å². The van der Waals surface area contributed by atoms with E-state index >= 15 is 0 Å². The molecule has 5 nitrogen and oxygen atoms in total. The van der Waals surface area contributed by atoms with Crippen molar-refractivity contribution in [2.45, 2.75) is 0 Å². The van der Waals surface area contributed by atoms with Gasteiger partial charge in [-0.1, -0.05) is 66.2 Å². The van der Waals surface area contributed by atoms with Crippen LogP contribution in [0.15, 0.2) is 97.1 Å². The molecule has 0 saturated carbocycles. The van der Waals surface area contributed by atoms with Crippen molar-refractivity contribution in [3.05, 3.63) is 108 Å². The highest BCUT2D eigenvalue weighted by Gasteiger charge is 2.18. The average Bonchev–Trinajstić information content (AvgIpc) is 2.88. The summed E-state index contributed by atoms with van der Waals surface area (Å²) in [6, 6.07) is 30.2. The summed E-state index contributed by atoms with van der Waals surface area (Å²) in [5.74, 6) is 0.338. The summed E-state index contributed by atoms with van der Waals surface area (Å²) in [6.07, 6.45) is 0. The number of nitrogens with two attached hydrogens (primary N) is 1. The fourth-order valence-corrected chi connectivity index (χ4v) is 4.06. The van der Waals surface area contributed by atoms with Crippen LogP contribution in [-0.4, -0.2) is 22.9 Å². The van der Waals surface area contributed by atoms with E-state index in [0.717, 1.165) is 33.4 Å². The van der Waals surface area contributed by atoms with Crippen molar-refractivity contribution in [1.82, 2.24) is 9.97 Å². The summed E-state index contributed by atoms with van der Waals surface area (Å²) >= 11 is 6.26. The van der Waals surface area contributed by atoms with Crippen LogP contribution < -0.4 is 10.6 Å². The number of nitrogen functional groups attached to an aromatic ring is 1. The van der Waals surface area contributed by atoms with Crippen LogP contribution in [0.4, 0.5) is 11.4 Å². The van der Waals surface area contributed by atoms with E-state index < -0.39 is 0 Å². The molecule has 0 spiro atoms. The first-order valence-electron chi connectivity index (χ1n) is 10.8. The molecule has 2 N–H and O–H groups in total. The van der Waals surface area contributed by atoms with Crippen LogP contribution in [-0.2, 0) is 0 Å². The van der Waals surface area contributed by atoms with Gasteiger partial charge in [-0.25, -0.2) is 9.97 Å². The van der Waals surface area contributed by atoms with Crippen molar-refractivity contribution < 1.29 is 4.79 Å². The van der Waals surface area contributed by atoms with Gasteiger partial charge >= 0.3 is 0 Å². The number of rotatable bonds is 4. The lowest BCUT2D eigenvalue weighted by atomic mass is 10.0. The number of benzene rings is 4. The van der Waals surface area contributed by atoms with Crippen LogP contribution in [0.5, 0.6) is 0 Å². The maximum atomic E-state index is 13.1. The van der Waals surface area contributed by atoms with Gasteiger partial charge in [0.25, 0.3) is 5.91 Å². The second-order valence-corrected chi connectivity index (χ2v) is 8.36. The van der Waals surface area contributed by atoms with Crippen molar-refractivity contribution >= 4 is 39.8 Å². The predicted molar refractivity (Wildman–Crippen MR) is 139 cm³/mol. The lowest BCUT2D eigenvalue weighted by Crippen LogP contribution is -2.26. The number of carbonyl (C=O) groups is 1. The zero-order valence-electron chi connectivity index (χ0n) is 18.4. The third-order valence-electron chi connectivity index (χ3n) is 5.69. The van der Waals surface area contributed by atoms with Gasteiger partial charge < -0.3 is 10.6 Å². The smallest absolute Gasteiger partial charge is 0.260 e. The Bertz CT molecular complexity index is 1500. The van der Waals surface area contributed by atoms with Crippen LogP contribution >= 0.6 is 11.6 Å². The first kappa shape index (κ1) is 21.6. The Hall–Kier alpha value is -4.22. The van der Waals surface area contributed by atoms with Gasteiger partial charge in [-0.3, -0.25) is 4.79 Å². The molecule has 0 bridgehead atoms. The number of carbonyl (C=O) groups excluding carboxylic acids is 1. The Kier molecular flexibility index (Phi) is 5.70. The number of amides is 1. The number of para-hydroxylation sites is 1. The molecule has 0 unspecified atom stereocenters. The number of halogens is 1. The SMILES string of the molecule is CN(C(=O)c1ccc(-c2nc(-c3ccccc3)c3cc(Cl)ccc3n2)cc1N)c1ccccc1. The van der Waals surface area contributed by atoms with Gasteiger partial charge in [-0.15, -0.1) is 0 Å². The minimum Gasteiger partial charge on any atom is -0.398 e. The molecule has 5 rings (SSSR count). The normalized spacial score (nSPS) is 10.9. The molecule has 5 aromatic rings. The molecular formula is C28H21ClN4O. The molecule has 6 heteroatoms. The molecule has 1 heterocycles. The van der Waals surface area contributed by atoms with E-state index in [-0.39, 0.29) is 5.91 Å². The predicted octanol–water partition coefficient (Wildman–Crippen LogP) is 6.48. The highest BCUT2D eigenvalue weighted by atomic mass is 35.5. The zero-order valence-corrected chi connectivity index (χ0v) is 19.2. The fourth-order valence-electron chi connectivity index (χ4n) is 3.89. The molecule has 166 valence electrons. The summed E-state index contributed by atoms with van der Waals surface area (Å²) in [5, 5.41) is 1.49. The van der Waals surface area contributed by atoms with E-state index in [0.29, 0.717) is 22.1 Å². The van der Waals surface area contributed by atoms with Crippen LogP contribution in [0, 0.1) is 0 Å².